The van der Waals surface area contributed by atoms with Gasteiger partial charge in [-0.15, -0.1) is 0 Å². The number of benzene rings is 1. The van der Waals surface area contributed by atoms with Gasteiger partial charge in [0.1, 0.15) is 0 Å². The highest BCUT2D eigenvalue weighted by Crippen LogP contribution is 2.35. The summed E-state index contributed by atoms with van der Waals surface area (Å²) in [6.07, 6.45) is 7.02. The van der Waals surface area contributed by atoms with Crippen molar-refractivity contribution in [1.29, 1.82) is 0 Å². The molecule has 0 saturated heterocycles. The summed E-state index contributed by atoms with van der Waals surface area (Å²) in [5.41, 5.74) is 3.67. The lowest BCUT2D eigenvalue weighted by Gasteiger charge is -2.30. The van der Waals surface area contributed by atoms with Crippen molar-refractivity contribution in [3.63, 3.8) is 0 Å². The largest absolute Gasteiger partial charge is 0.350 e. The Labute approximate surface area is 157 Å². The van der Waals surface area contributed by atoms with Crippen molar-refractivity contribution in [2.75, 3.05) is 6.54 Å². The van der Waals surface area contributed by atoms with E-state index in [0.717, 1.165) is 26.1 Å². The Morgan fingerprint density at radius 2 is 1.96 bits per heavy atom. The molecule has 3 aromatic rings. The second kappa shape index (κ2) is 7.20. The van der Waals surface area contributed by atoms with E-state index in [-0.39, 0.29) is 6.04 Å². The van der Waals surface area contributed by atoms with Gasteiger partial charge in [0.15, 0.2) is 0 Å². The summed E-state index contributed by atoms with van der Waals surface area (Å²) in [7, 11) is 0. The molecule has 0 aliphatic carbocycles. The van der Waals surface area contributed by atoms with Crippen molar-refractivity contribution in [2.45, 2.75) is 25.6 Å². The van der Waals surface area contributed by atoms with E-state index in [0.29, 0.717) is 10.0 Å². The van der Waals surface area contributed by atoms with E-state index in [4.69, 9.17) is 23.2 Å². The molecule has 2 aromatic heterocycles. The fourth-order valence-electron chi connectivity index (χ4n) is 3.60. The highest BCUT2D eigenvalue weighted by atomic mass is 35.5. The van der Waals surface area contributed by atoms with E-state index >= 15 is 0 Å². The highest BCUT2D eigenvalue weighted by Gasteiger charge is 2.27. The fourth-order valence-corrected chi connectivity index (χ4v) is 3.91. The van der Waals surface area contributed by atoms with Crippen LogP contribution in [-0.4, -0.2) is 21.0 Å². The maximum absolute atomic E-state index is 6.32. The number of hydrogen-bond donors (Lipinski definition) is 0. The standard InChI is InChI=1S/C20H19Cl2N3/c21-17-7-6-16(12-18(17)22)20-19-5-2-9-24(19)10-3-11-25(20)14-15-4-1-8-23-13-15/h1-2,4-9,12-13,20H,3,10-11,14H2/t20-/m0/s1. The second-order valence-electron chi connectivity index (χ2n) is 6.39. The average molecular weight is 372 g/mol. The van der Waals surface area contributed by atoms with E-state index in [1.54, 1.807) is 0 Å². The van der Waals surface area contributed by atoms with Crippen molar-refractivity contribution in [3.8, 4) is 0 Å². The minimum atomic E-state index is 0.146. The van der Waals surface area contributed by atoms with Crippen LogP contribution in [0.2, 0.25) is 10.0 Å². The van der Waals surface area contributed by atoms with Crippen LogP contribution in [0.3, 0.4) is 0 Å². The van der Waals surface area contributed by atoms with Crippen LogP contribution in [0.5, 0.6) is 0 Å². The number of rotatable bonds is 3. The Hall–Kier alpha value is -1.81. The summed E-state index contributed by atoms with van der Waals surface area (Å²) in [5.74, 6) is 0. The van der Waals surface area contributed by atoms with Crippen LogP contribution < -0.4 is 0 Å². The molecule has 3 heterocycles. The SMILES string of the molecule is Clc1ccc([C@H]2c3cccn3CCCN2Cc2cccnc2)cc1Cl. The number of halogens is 2. The van der Waals surface area contributed by atoms with Crippen molar-refractivity contribution in [2.24, 2.45) is 0 Å². The molecule has 0 radical (unpaired) electrons. The number of hydrogen-bond acceptors (Lipinski definition) is 2. The van der Waals surface area contributed by atoms with Gasteiger partial charge in [-0.3, -0.25) is 9.88 Å². The van der Waals surface area contributed by atoms with Crippen LogP contribution >= 0.6 is 23.2 Å². The van der Waals surface area contributed by atoms with Crippen LogP contribution in [0.15, 0.2) is 61.1 Å². The smallest absolute Gasteiger partial charge is 0.0759 e. The summed E-state index contributed by atoms with van der Waals surface area (Å²) in [6, 6.07) is 14.5. The van der Waals surface area contributed by atoms with Gasteiger partial charge >= 0.3 is 0 Å². The van der Waals surface area contributed by atoms with E-state index < -0.39 is 0 Å². The minimum absolute atomic E-state index is 0.146. The molecule has 1 aliphatic rings. The second-order valence-corrected chi connectivity index (χ2v) is 7.20. The van der Waals surface area contributed by atoms with E-state index in [9.17, 15) is 0 Å². The zero-order valence-electron chi connectivity index (χ0n) is 13.8. The molecule has 0 fully saturated rings. The predicted molar refractivity (Wildman–Crippen MR) is 102 cm³/mol. The maximum atomic E-state index is 6.32. The van der Waals surface area contributed by atoms with Crippen LogP contribution in [0.1, 0.15) is 29.3 Å². The van der Waals surface area contributed by atoms with E-state index in [1.165, 1.54) is 16.8 Å². The first-order valence-electron chi connectivity index (χ1n) is 8.45. The van der Waals surface area contributed by atoms with Gasteiger partial charge in [0, 0.05) is 43.9 Å². The Morgan fingerprint density at radius 1 is 1.04 bits per heavy atom. The molecule has 0 N–H and O–H groups in total. The van der Waals surface area contributed by atoms with Gasteiger partial charge < -0.3 is 4.57 Å². The van der Waals surface area contributed by atoms with Gasteiger partial charge in [-0.1, -0.05) is 35.3 Å². The Balaban J connectivity index is 1.76. The monoisotopic (exact) mass is 371 g/mol. The van der Waals surface area contributed by atoms with Gasteiger partial charge in [0.05, 0.1) is 16.1 Å². The molecule has 1 atom stereocenters. The van der Waals surface area contributed by atoms with Crippen LogP contribution in [-0.2, 0) is 13.1 Å². The first-order valence-corrected chi connectivity index (χ1v) is 9.21. The van der Waals surface area contributed by atoms with E-state index in [1.807, 2.05) is 30.6 Å². The summed E-state index contributed by atoms with van der Waals surface area (Å²) >= 11 is 12.5. The first kappa shape index (κ1) is 16.6. The fraction of sp³-hybridized carbons (Fsp3) is 0.250. The molecular formula is C20H19Cl2N3. The number of aryl methyl sites for hydroxylation is 1. The third-order valence-corrected chi connectivity index (χ3v) is 5.46. The normalized spacial score (nSPS) is 17.9. The average Bonchev–Trinajstić information content (AvgIpc) is 3.00. The van der Waals surface area contributed by atoms with E-state index in [2.05, 4.69) is 44.9 Å². The molecule has 0 amide bonds. The molecule has 128 valence electrons. The Kier molecular flexibility index (Phi) is 4.80. The molecule has 25 heavy (non-hydrogen) atoms. The van der Waals surface area contributed by atoms with Gasteiger partial charge in [-0.2, -0.15) is 0 Å². The Bertz CT molecular complexity index is 860. The Morgan fingerprint density at radius 3 is 2.76 bits per heavy atom. The van der Waals surface area contributed by atoms with Crippen molar-refractivity contribution >= 4 is 23.2 Å². The number of pyridine rings is 1. The molecule has 4 rings (SSSR count). The lowest BCUT2D eigenvalue weighted by Crippen LogP contribution is -2.29. The highest BCUT2D eigenvalue weighted by molar-refractivity contribution is 6.42. The predicted octanol–water partition coefficient (Wildman–Crippen LogP) is 5.19. The van der Waals surface area contributed by atoms with Crippen LogP contribution in [0.25, 0.3) is 0 Å². The zero-order valence-corrected chi connectivity index (χ0v) is 15.3. The molecule has 5 heteroatoms. The molecule has 0 saturated carbocycles. The third kappa shape index (κ3) is 3.45. The molecule has 0 unspecified atom stereocenters. The summed E-state index contributed by atoms with van der Waals surface area (Å²) < 4.78 is 2.34. The van der Waals surface area contributed by atoms with Crippen molar-refractivity contribution in [3.05, 3.63) is 87.9 Å². The lowest BCUT2D eigenvalue weighted by molar-refractivity contribution is 0.220. The maximum Gasteiger partial charge on any atom is 0.0759 e. The van der Waals surface area contributed by atoms with Crippen molar-refractivity contribution in [1.82, 2.24) is 14.5 Å². The number of aromatic nitrogens is 2. The third-order valence-electron chi connectivity index (χ3n) is 4.72. The molecule has 3 nitrogen and oxygen atoms in total. The molecule has 0 spiro atoms. The van der Waals surface area contributed by atoms with Gasteiger partial charge in [-0.05, 0) is 47.9 Å². The summed E-state index contributed by atoms with van der Waals surface area (Å²) in [5, 5.41) is 1.19. The van der Waals surface area contributed by atoms with Crippen LogP contribution in [0.4, 0.5) is 0 Å². The summed E-state index contributed by atoms with van der Waals surface area (Å²) in [4.78, 5) is 6.76. The van der Waals surface area contributed by atoms with Crippen LogP contribution in [0, 0.1) is 0 Å². The van der Waals surface area contributed by atoms with Gasteiger partial charge in [0.2, 0.25) is 0 Å². The first-order chi connectivity index (χ1) is 12.2. The zero-order chi connectivity index (χ0) is 17.2. The summed E-state index contributed by atoms with van der Waals surface area (Å²) in [6.45, 7) is 2.90. The minimum Gasteiger partial charge on any atom is -0.350 e. The number of nitrogens with zero attached hydrogens (tertiary/aromatic N) is 3. The molecule has 1 aliphatic heterocycles. The van der Waals surface area contributed by atoms with Gasteiger partial charge in [-0.25, -0.2) is 0 Å². The van der Waals surface area contributed by atoms with Gasteiger partial charge in [0.25, 0.3) is 0 Å². The quantitative estimate of drug-likeness (QED) is 0.631. The van der Waals surface area contributed by atoms with Crippen molar-refractivity contribution < 1.29 is 0 Å². The molecule has 1 aromatic carbocycles. The molecular weight excluding hydrogens is 353 g/mol. The number of fused-ring (bicyclic) bond motifs is 1. The lowest BCUT2D eigenvalue weighted by atomic mass is 10.0. The topological polar surface area (TPSA) is 21.1 Å². The molecule has 0 bridgehead atoms.